The fourth-order valence-electron chi connectivity index (χ4n) is 5.10. The van der Waals surface area contributed by atoms with E-state index in [4.69, 9.17) is 4.74 Å². The van der Waals surface area contributed by atoms with Crippen LogP contribution in [0.15, 0.2) is 60.7 Å². The van der Waals surface area contributed by atoms with Crippen molar-refractivity contribution < 1.29 is 37.1 Å². The molecule has 9 nitrogen and oxygen atoms in total. The van der Waals surface area contributed by atoms with Crippen LogP contribution >= 0.6 is 0 Å². The normalized spacial score (nSPS) is 16.6. The van der Waals surface area contributed by atoms with Crippen LogP contribution in [0, 0.1) is 6.92 Å². The van der Waals surface area contributed by atoms with Crippen molar-refractivity contribution in [1.82, 2.24) is 15.5 Å². The van der Waals surface area contributed by atoms with Crippen molar-refractivity contribution in [3.63, 3.8) is 0 Å². The van der Waals surface area contributed by atoms with Crippen LogP contribution < -0.4 is 20.7 Å². The lowest BCUT2D eigenvalue weighted by Crippen LogP contribution is -2.52. The quantitative estimate of drug-likeness (QED) is 0.351. The maximum absolute atomic E-state index is 13.2. The summed E-state index contributed by atoms with van der Waals surface area (Å²) in [5.41, 5.74) is 2.60. The van der Waals surface area contributed by atoms with Gasteiger partial charge in [0.15, 0.2) is 0 Å². The summed E-state index contributed by atoms with van der Waals surface area (Å²) in [6.07, 6.45) is -4.03. The summed E-state index contributed by atoms with van der Waals surface area (Å²) in [6, 6.07) is 13.7. The van der Waals surface area contributed by atoms with Crippen LogP contribution in [0.2, 0.25) is 0 Å². The Morgan fingerprint density at radius 2 is 1.76 bits per heavy atom. The Balaban J connectivity index is 1.15. The minimum Gasteiger partial charge on any atom is -0.489 e. The first-order valence-corrected chi connectivity index (χ1v) is 13.2. The Kier molecular flexibility index (Phi) is 7.88. The van der Waals surface area contributed by atoms with E-state index in [0.717, 1.165) is 22.8 Å². The number of nitrogens with zero attached hydrogens (tertiary/aromatic N) is 1. The van der Waals surface area contributed by atoms with Crippen molar-refractivity contribution in [2.45, 2.75) is 51.7 Å². The molecule has 0 spiro atoms. The number of carbonyl (C=O) groups excluding carboxylic acids is 4. The van der Waals surface area contributed by atoms with Crippen molar-refractivity contribution in [2.24, 2.45) is 0 Å². The van der Waals surface area contributed by atoms with Gasteiger partial charge < -0.3 is 20.3 Å². The molecule has 5 rings (SSSR count). The zero-order valence-corrected chi connectivity index (χ0v) is 22.5. The van der Waals surface area contributed by atoms with E-state index in [0.29, 0.717) is 17.0 Å². The molecule has 1 fully saturated rings. The number of fused-ring (bicyclic) bond motifs is 1. The van der Waals surface area contributed by atoms with E-state index in [1.165, 1.54) is 23.1 Å². The summed E-state index contributed by atoms with van der Waals surface area (Å²) in [5, 5.41) is 7.75. The predicted octanol–water partition coefficient (Wildman–Crippen LogP) is 4.68. The number of amides is 5. The fourth-order valence-corrected chi connectivity index (χ4v) is 5.10. The molecule has 0 aromatic heterocycles. The van der Waals surface area contributed by atoms with Gasteiger partial charge in [0.1, 0.15) is 18.4 Å². The zero-order valence-electron chi connectivity index (χ0n) is 22.5. The van der Waals surface area contributed by atoms with Gasteiger partial charge in [-0.3, -0.25) is 19.7 Å². The second-order valence-electron chi connectivity index (χ2n) is 10.1. The average molecular weight is 581 g/mol. The van der Waals surface area contributed by atoms with Crippen LogP contribution in [0.25, 0.3) is 0 Å². The summed E-state index contributed by atoms with van der Waals surface area (Å²) in [6.45, 7) is 2.00. The molecule has 2 aliphatic rings. The highest BCUT2D eigenvalue weighted by molar-refractivity contribution is 6.05. The lowest BCUT2D eigenvalue weighted by molar-refractivity contribution is -0.139. The molecule has 0 bridgehead atoms. The Morgan fingerprint density at radius 1 is 1.02 bits per heavy atom. The molecule has 2 heterocycles. The van der Waals surface area contributed by atoms with Gasteiger partial charge in [0.25, 0.3) is 5.91 Å². The van der Waals surface area contributed by atoms with Gasteiger partial charge >= 0.3 is 12.2 Å². The van der Waals surface area contributed by atoms with Gasteiger partial charge in [0.05, 0.1) is 5.56 Å². The lowest BCUT2D eigenvalue weighted by Gasteiger charge is -2.29. The first-order valence-electron chi connectivity index (χ1n) is 13.2. The number of hydrogen-bond donors (Lipinski definition) is 3. The van der Waals surface area contributed by atoms with Gasteiger partial charge in [-0.1, -0.05) is 24.3 Å². The highest BCUT2D eigenvalue weighted by Crippen LogP contribution is 2.33. The molecule has 1 unspecified atom stereocenters. The van der Waals surface area contributed by atoms with Gasteiger partial charge in [-0.15, -0.1) is 0 Å². The third-order valence-electron chi connectivity index (χ3n) is 7.39. The number of imide groups is 1. The summed E-state index contributed by atoms with van der Waals surface area (Å²) >= 11 is 0. The maximum Gasteiger partial charge on any atom is 0.416 e. The number of anilines is 1. The third-order valence-corrected chi connectivity index (χ3v) is 7.39. The lowest BCUT2D eigenvalue weighted by atomic mass is 9.98. The molecule has 2 aliphatic heterocycles. The van der Waals surface area contributed by atoms with Crippen molar-refractivity contribution in [3.8, 4) is 5.75 Å². The fraction of sp³-hybridized carbons (Fsp3) is 0.267. The van der Waals surface area contributed by atoms with Crippen molar-refractivity contribution in [3.05, 3.63) is 94.0 Å². The number of urea groups is 1. The number of piperidine rings is 1. The number of benzene rings is 3. The molecular formula is C30H27F3N4O5. The highest BCUT2D eigenvalue weighted by Gasteiger charge is 2.39. The number of carbonyl (C=O) groups is 4. The Hall–Kier alpha value is -4.87. The summed E-state index contributed by atoms with van der Waals surface area (Å²) in [7, 11) is 0. The first-order chi connectivity index (χ1) is 20.0. The Morgan fingerprint density at radius 3 is 2.48 bits per heavy atom. The Labute approximate surface area is 239 Å². The predicted molar refractivity (Wildman–Crippen MR) is 145 cm³/mol. The van der Waals surface area contributed by atoms with Crippen molar-refractivity contribution in [2.75, 3.05) is 5.32 Å². The van der Waals surface area contributed by atoms with E-state index in [-0.39, 0.29) is 49.9 Å². The summed E-state index contributed by atoms with van der Waals surface area (Å²) in [4.78, 5) is 50.8. The van der Waals surface area contributed by atoms with Crippen molar-refractivity contribution in [1.29, 1.82) is 0 Å². The second kappa shape index (κ2) is 11.6. The van der Waals surface area contributed by atoms with Gasteiger partial charge in [-0.05, 0) is 66.4 Å². The molecular weight excluding hydrogens is 553 g/mol. The molecule has 3 aromatic carbocycles. The van der Waals surface area contributed by atoms with Crippen LogP contribution in [0.1, 0.15) is 51.0 Å². The van der Waals surface area contributed by atoms with Crippen LogP contribution in [-0.4, -0.2) is 34.7 Å². The second-order valence-corrected chi connectivity index (χ2v) is 10.1. The average Bonchev–Trinajstić information content (AvgIpc) is 3.28. The Bertz CT molecular complexity index is 1560. The molecule has 3 aromatic rings. The first kappa shape index (κ1) is 28.7. The topological polar surface area (TPSA) is 117 Å². The van der Waals surface area contributed by atoms with E-state index in [1.54, 1.807) is 36.4 Å². The van der Waals surface area contributed by atoms with E-state index in [2.05, 4.69) is 16.0 Å². The van der Waals surface area contributed by atoms with Crippen LogP contribution in [0.4, 0.5) is 23.7 Å². The minimum atomic E-state index is -4.48. The number of halogens is 3. The number of rotatable bonds is 7. The zero-order chi connectivity index (χ0) is 30.0. The molecule has 42 heavy (non-hydrogen) atoms. The maximum atomic E-state index is 13.2. The van der Waals surface area contributed by atoms with Gasteiger partial charge in [0, 0.05) is 36.3 Å². The number of hydrogen-bond acceptors (Lipinski definition) is 5. The monoisotopic (exact) mass is 580 g/mol. The van der Waals surface area contributed by atoms with Crippen molar-refractivity contribution >= 4 is 29.4 Å². The minimum absolute atomic E-state index is 0.0153. The number of ether oxygens (including phenoxy) is 1. The molecule has 12 heteroatoms. The number of alkyl halides is 3. The molecule has 5 amide bonds. The van der Waals surface area contributed by atoms with E-state index >= 15 is 0 Å². The van der Waals surface area contributed by atoms with E-state index in [9.17, 15) is 32.3 Å². The largest absolute Gasteiger partial charge is 0.489 e. The van der Waals surface area contributed by atoms with Gasteiger partial charge in [-0.25, -0.2) is 4.79 Å². The van der Waals surface area contributed by atoms with Gasteiger partial charge in [0.2, 0.25) is 11.8 Å². The standard InChI is InChI=1S/C30H27F3N4O5/c1-17-18(6-11-22-23(17)15-37(28(22)40)25-12-13-26(38)36-27(25)39)14-34-29(41)35-20-7-9-21(10-8-20)42-16-19-4-2-3-5-24(19)30(31,32)33/h2-11,25H,12-16H2,1H3,(H2,34,35,41)(H,36,38,39). The highest BCUT2D eigenvalue weighted by atomic mass is 19.4. The summed E-state index contributed by atoms with van der Waals surface area (Å²) < 4.78 is 45.1. The molecule has 218 valence electrons. The molecule has 0 aliphatic carbocycles. The van der Waals surface area contributed by atoms with E-state index in [1.807, 2.05) is 6.92 Å². The molecule has 1 atom stereocenters. The van der Waals surface area contributed by atoms with Crippen LogP contribution in [-0.2, 0) is 35.5 Å². The molecule has 1 saturated heterocycles. The SMILES string of the molecule is Cc1c(CNC(=O)Nc2ccc(OCc3ccccc3C(F)(F)F)cc2)ccc2c1CN(C1CCC(=O)NC1=O)C2=O. The smallest absolute Gasteiger partial charge is 0.416 e. The molecule has 0 saturated carbocycles. The molecule has 3 N–H and O–H groups in total. The number of nitrogens with one attached hydrogen (secondary N) is 3. The van der Waals surface area contributed by atoms with E-state index < -0.39 is 29.7 Å². The van der Waals surface area contributed by atoms with Gasteiger partial charge in [-0.2, -0.15) is 13.2 Å². The summed E-state index contributed by atoms with van der Waals surface area (Å²) in [5.74, 6) is -0.752. The van der Waals surface area contributed by atoms with Crippen LogP contribution in [0.3, 0.4) is 0 Å². The van der Waals surface area contributed by atoms with Crippen LogP contribution in [0.5, 0.6) is 5.75 Å². The molecule has 0 radical (unpaired) electrons. The third kappa shape index (κ3) is 6.07.